The van der Waals surface area contributed by atoms with E-state index in [1.165, 1.54) is 16.8 Å². The molecule has 0 radical (unpaired) electrons. The third-order valence-corrected chi connectivity index (χ3v) is 4.42. The molecule has 0 spiro atoms. The number of halogens is 1. The predicted octanol–water partition coefficient (Wildman–Crippen LogP) is 4.37. The quantitative estimate of drug-likeness (QED) is 0.834. The number of hydrogen-bond acceptors (Lipinski definition) is 2. The van der Waals surface area contributed by atoms with Gasteiger partial charge in [-0.3, -0.25) is 0 Å². The molecule has 2 aromatic rings. The van der Waals surface area contributed by atoms with Crippen LogP contribution < -0.4 is 10.6 Å². The van der Waals surface area contributed by atoms with Crippen LogP contribution in [0.5, 0.6) is 0 Å². The first-order chi connectivity index (χ1) is 10.1. The van der Waals surface area contributed by atoms with Crippen LogP contribution in [0, 0.1) is 6.92 Å². The van der Waals surface area contributed by atoms with Crippen LogP contribution >= 0.6 is 23.8 Å². The first kappa shape index (κ1) is 14.4. The first-order valence-corrected chi connectivity index (χ1v) is 7.81. The molecule has 2 N–H and O–H groups in total. The molecule has 0 amide bonds. The van der Waals surface area contributed by atoms with Crippen LogP contribution in [0.25, 0.3) is 0 Å². The van der Waals surface area contributed by atoms with E-state index in [2.05, 4.69) is 30.0 Å². The van der Waals surface area contributed by atoms with Crippen molar-refractivity contribution in [2.45, 2.75) is 19.8 Å². The molecule has 1 aliphatic rings. The van der Waals surface area contributed by atoms with Gasteiger partial charge >= 0.3 is 0 Å². The summed E-state index contributed by atoms with van der Waals surface area (Å²) in [6, 6.07) is 12.4. The smallest absolute Gasteiger partial charge is 0.104 e. The molecule has 0 fully saturated rings. The summed E-state index contributed by atoms with van der Waals surface area (Å²) in [4.78, 5) is 2.65. The van der Waals surface area contributed by atoms with Crippen molar-refractivity contribution in [3.63, 3.8) is 0 Å². The summed E-state index contributed by atoms with van der Waals surface area (Å²) in [7, 11) is 0. The fourth-order valence-electron chi connectivity index (χ4n) is 2.86. The van der Waals surface area contributed by atoms with Gasteiger partial charge in [-0.1, -0.05) is 41.5 Å². The molecular formula is C17H17ClN2S. The summed E-state index contributed by atoms with van der Waals surface area (Å²) in [6.07, 6.45) is 2.25. The normalized spacial score (nSPS) is 13.9. The van der Waals surface area contributed by atoms with E-state index in [0.29, 0.717) is 10.0 Å². The third kappa shape index (κ3) is 2.76. The van der Waals surface area contributed by atoms with Crippen molar-refractivity contribution in [2.24, 2.45) is 5.73 Å². The standard InChI is InChI=1S/C17H17ClN2S/c1-11-4-6-15-12(9-11)3-2-8-20(15)16-7-5-13(17(19)21)10-14(16)18/h4-7,9-10H,2-3,8H2,1H3,(H2,19,21). The highest BCUT2D eigenvalue weighted by Crippen LogP contribution is 2.37. The minimum absolute atomic E-state index is 0.373. The Morgan fingerprint density at radius 3 is 2.67 bits per heavy atom. The second-order valence-corrected chi connectivity index (χ2v) is 6.26. The van der Waals surface area contributed by atoms with E-state index < -0.39 is 0 Å². The maximum Gasteiger partial charge on any atom is 0.104 e. The van der Waals surface area contributed by atoms with Crippen molar-refractivity contribution in [3.8, 4) is 0 Å². The Labute approximate surface area is 135 Å². The Hall–Kier alpha value is -1.58. The summed E-state index contributed by atoms with van der Waals surface area (Å²) in [6.45, 7) is 3.10. The van der Waals surface area contributed by atoms with E-state index in [-0.39, 0.29) is 0 Å². The Morgan fingerprint density at radius 2 is 1.95 bits per heavy atom. The zero-order chi connectivity index (χ0) is 15.0. The van der Waals surface area contributed by atoms with Gasteiger partial charge in [0.25, 0.3) is 0 Å². The van der Waals surface area contributed by atoms with Crippen LogP contribution in [-0.2, 0) is 6.42 Å². The lowest BCUT2D eigenvalue weighted by atomic mass is 9.99. The molecule has 21 heavy (non-hydrogen) atoms. The molecule has 2 nitrogen and oxygen atoms in total. The van der Waals surface area contributed by atoms with Crippen molar-refractivity contribution in [1.29, 1.82) is 0 Å². The maximum atomic E-state index is 6.45. The minimum atomic E-state index is 0.373. The van der Waals surface area contributed by atoms with E-state index in [0.717, 1.165) is 30.6 Å². The highest BCUT2D eigenvalue weighted by molar-refractivity contribution is 7.80. The largest absolute Gasteiger partial charge is 0.389 e. The average Bonchev–Trinajstić information content (AvgIpc) is 2.46. The molecule has 0 bridgehead atoms. The summed E-state index contributed by atoms with van der Waals surface area (Å²) >= 11 is 11.5. The lowest BCUT2D eigenvalue weighted by Gasteiger charge is -2.32. The lowest BCUT2D eigenvalue weighted by molar-refractivity contribution is 0.766. The number of nitrogens with zero attached hydrogens (tertiary/aromatic N) is 1. The molecule has 1 aliphatic heterocycles. The van der Waals surface area contributed by atoms with Crippen LogP contribution in [0.4, 0.5) is 11.4 Å². The molecule has 0 aromatic heterocycles. The van der Waals surface area contributed by atoms with Crippen molar-refractivity contribution in [1.82, 2.24) is 0 Å². The fourth-order valence-corrected chi connectivity index (χ4v) is 3.26. The molecule has 0 unspecified atom stereocenters. The highest BCUT2D eigenvalue weighted by atomic mass is 35.5. The topological polar surface area (TPSA) is 29.3 Å². The van der Waals surface area contributed by atoms with E-state index in [9.17, 15) is 0 Å². The molecule has 3 rings (SSSR count). The Bertz CT molecular complexity index is 712. The monoisotopic (exact) mass is 316 g/mol. The highest BCUT2D eigenvalue weighted by Gasteiger charge is 2.20. The molecule has 0 atom stereocenters. The van der Waals surface area contributed by atoms with Crippen LogP contribution in [-0.4, -0.2) is 11.5 Å². The Kier molecular flexibility index (Phi) is 3.87. The van der Waals surface area contributed by atoms with Gasteiger partial charge in [-0.25, -0.2) is 0 Å². The molecule has 0 saturated carbocycles. The zero-order valence-electron chi connectivity index (χ0n) is 11.9. The van der Waals surface area contributed by atoms with Gasteiger partial charge in [-0.15, -0.1) is 0 Å². The second kappa shape index (κ2) is 5.66. The summed E-state index contributed by atoms with van der Waals surface area (Å²) in [5.41, 5.74) is 11.4. The van der Waals surface area contributed by atoms with Crippen LogP contribution in [0.2, 0.25) is 5.02 Å². The number of hydrogen-bond donors (Lipinski definition) is 1. The van der Waals surface area contributed by atoms with E-state index >= 15 is 0 Å². The van der Waals surface area contributed by atoms with Gasteiger partial charge in [0.2, 0.25) is 0 Å². The molecule has 0 aliphatic carbocycles. The zero-order valence-corrected chi connectivity index (χ0v) is 13.5. The van der Waals surface area contributed by atoms with Crippen LogP contribution in [0.3, 0.4) is 0 Å². The number of thiocarbonyl (C=S) groups is 1. The molecule has 108 valence electrons. The van der Waals surface area contributed by atoms with Crippen molar-refractivity contribution >= 4 is 40.2 Å². The Balaban J connectivity index is 2.05. The number of nitrogens with two attached hydrogens (primary N) is 1. The summed E-state index contributed by atoms with van der Waals surface area (Å²) in [5.74, 6) is 0. The van der Waals surface area contributed by atoms with E-state index in [1.807, 2.05) is 18.2 Å². The molecule has 1 heterocycles. The molecule has 2 aromatic carbocycles. The minimum Gasteiger partial charge on any atom is -0.389 e. The second-order valence-electron chi connectivity index (χ2n) is 5.42. The van der Waals surface area contributed by atoms with Crippen molar-refractivity contribution < 1.29 is 0 Å². The van der Waals surface area contributed by atoms with Gasteiger partial charge in [0.05, 0.1) is 10.7 Å². The van der Waals surface area contributed by atoms with E-state index in [1.54, 1.807) is 0 Å². The number of aryl methyl sites for hydroxylation is 2. The van der Waals surface area contributed by atoms with Gasteiger partial charge in [0, 0.05) is 17.8 Å². The van der Waals surface area contributed by atoms with Crippen LogP contribution in [0.15, 0.2) is 36.4 Å². The Morgan fingerprint density at radius 1 is 1.19 bits per heavy atom. The van der Waals surface area contributed by atoms with Gasteiger partial charge in [-0.2, -0.15) is 0 Å². The number of anilines is 2. The SMILES string of the molecule is Cc1ccc2c(c1)CCCN2c1ccc(C(N)=S)cc1Cl. The van der Waals surface area contributed by atoms with Gasteiger partial charge in [-0.05, 0) is 49.6 Å². The third-order valence-electron chi connectivity index (χ3n) is 3.88. The summed E-state index contributed by atoms with van der Waals surface area (Å²) in [5, 5.41) is 0.689. The van der Waals surface area contributed by atoms with Crippen LogP contribution in [0.1, 0.15) is 23.1 Å². The fraction of sp³-hybridized carbons (Fsp3) is 0.235. The van der Waals surface area contributed by atoms with Gasteiger partial charge in [0.1, 0.15) is 4.99 Å². The first-order valence-electron chi connectivity index (χ1n) is 7.02. The van der Waals surface area contributed by atoms with Crippen molar-refractivity contribution in [2.75, 3.05) is 11.4 Å². The van der Waals surface area contributed by atoms with Crippen molar-refractivity contribution in [3.05, 3.63) is 58.1 Å². The molecule has 0 saturated heterocycles. The van der Waals surface area contributed by atoms with Gasteiger partial charge < -0.3 is 10.6 Å². The molecular weight excluding hydrogens is 300 g/mol. The summed E-state index contributed by atoms with van der Waals surface area (Å²) < 4.78 is 0. The van der Waals surface area contributed by atoms with Gasteiger partial charge in [0.15, 0.2) is 0 Å². The van der Waals surface area contributed by atoms with E-state index in [4.69, 9.17) is 29.6 Å². The maximum absolute atomic E-state index is 6.45. The molecule has 4 heteroatoms. The average molecular weight is 317 g/mol. The number of fused-ring (bicyclic) bond motifs is 1. The number of benzene rings is 2. The number of rotatable bonds is 2. The lowest BCUT2D eigenvalue weighted by Crippen LogP contribution is -2.25. The predicted molar refractivity (Wildman–Crippen MR) is 93.8 cm³/mol.